The fraction of sp³-hybridized carbons (Fsp3) is 0. The van der Waals surface area contributed by atoms with Crippen molar-refractivity contribution in [3.63, 3.8) is 0 Å². The van der Waals surface area contributed by atoms with E-state index >= 15 is 0 Å². The van der Waals surface area contributed by atoms with Crippen LogP contribution in [0.4, 0.5) is 11.4 Å². The molecule has 0 aliphatic heterocycles. The van der Waals surface area contributed by atoms with Gasteiger partial charge in [0.15, 0.2) is 0 Å². The second kappa shape index (κ2) is 9.95. The molecule has 4 aromatic rings. The van der Waals surface area contributed by atoms with Crippen molar-refractivity contribution in [1.29, 1.82) is 0 Å². The molecule has 0 bridgehead atoms. The summed E-state index contributed by atoms with van der Waals surface area (Å²) in [5, 5.41) is 5.62. The van der Waals surface area contributed by atoms with Crippen LogP contribution in [0.25, 0.3) is 23.3 Å². The Morgan fingerprint density at radius 3 is 1.34 bits per heavy atom. The van der Waals surface area contributed by atoms with E-state index in [1.54, 1.807) is 48.9 Å². The number of rotatable bonds is 7. The molecule has 32 heavy (non-hydrogen) atoms. The normalized spacial score (nSPS) is 11.1. The molecule has 0 aliphatic carbocycles. The summed E-state index contributed by atoms with van der Waals surface area (Å²) in [6.07, 6.45) is 9.16. The quantitative estimate of drug-likeness (QED) is 0.365. The van der Waals surface area contributed by atoms with E-state index < -0.39 is 0 Å². The Balaban J connectivity index is 1.32. The maximum absolute atomic E-state index is 12.0. The highest BCUT2D eigenvalue weighted by atomic mass is 16.3. The SMILES string of the molecule is O=C(C=Cc1ccco1)Nc1ccc(-c2ccc(NC(=O)C=Cc3ccco3)cc2)cc1. The van der Waals surface area contributed by atoms with Crippen molar-refractivity contribution in [3.8, 4) is 11.1 Å². The van der Waals surface area contributed by atoms with Gasteiger partial charge >= 0.3 is 0 Å². The molecule has 2 aromatic heterocycles. The minimum absolute atomic E-state index is 0.240. The Hall–Kier alpha value is -4.58. The molecule has 2 N–H and O–H groups in total. The molecule has 2 amide bonds. The number of hydrogen-bond donors (Lipinski definition) is 2. The van der Waals surface area contributed by atoms with Gasteiger partial charge in [-0.25, -0.2) is 0 Å². The van der Waals surface area contributed by atoms with E-state index in [0.717, 1.165) is 11.1 Å². The van der Waals surface area contributed by atoms with Gasteiger partial charge in [0.05, 0.1) is 12.5 Å². The summed E-state index contributed by atoms with van der Waals surface area (Å²) < 4.78 is 10.3. The lowest BCUT2D eigenvalue weighted by atomic mass is 10.0. The second-order valence-electron chi connectivity index (χ2n) is 6.83. The van der Waals surface area contributed by atoms with Crippen molar-refractivity contribution in [1.82, 2.24) is 0 Å². The molecule has 6 heteroatoms. The zero-order valence-electron chi connectivity index (χ0n) is 17.0. The number of amides is 2. The molecule has 0 saturated heterocycles. The van der Waals surface area contributed by atoms with Crippen LogP contribution in [-0.4, -0.2) is 11.8 Å². The van der Waals surface area contributed by atoms with Gasteiger partial charge < -0.3 is 19.5 Å². The third-order valence-corrected chi connectivity index (χ3v) is 4.52. The number of hydrogen-bond acceptors (Lipinski definition) is 4. The minimum atomic E-state index is -0.240. The van der Waals surface area contributed by atoms with Crippen LogP contribution in [0.5, 0.6) is 0 Å². The Labute approximate surface area is 184 Å². The first-order chi connectivity index (χ1) is 15.7. The summed E-state index contributed by atoms with van der Waals surface area (Å²) >= 11 is 0. The highest BCUT2D eigenvalue weighted by Crippen LogP contribution is 2.23. The molecule has 158 valence electrons. The second-order valence-corrected chi connectivity index (χ2v) is 6.83. The van der Waals surface area contributed by atoms with Gasteiger partial charge in [-0.1, -0.05) is 24.3 Å². The van der Waals surface area contributed by atoms with E-state index in [1.807, 2.05) is 48.5 Å². The van der Waals surface area contributed by atoms with Gasteiger partial charge in [0, 0.05) is 23.5 Å². The predicted octanol–water partition coefficient (Wildman–Crippen LogP) is 5.84. The highest BCUT2D eigenvalue weighted by molar-refractivity contribution is 6.02. The Morgan fingerprint density at radius 1 is 0.594 bits per heavy atom. The van der Waals surface area contributed by atoms with Crippen molar-refractivity contribution in [2.45, 2.75) is 0 Å². The molecular formula is C26H20N2O4. The first kappa shape index (κ1) is 20.7. The molecular weight excluding hydrogens is 404 g/mol. The van der Waals surface area contributed by atoms with Crippen LogP contribution >= 0.6 is 0 Å². The van der Waals surface area contributed by atoms with E-state index in [9.17, 15) is 9.59 Å². The first-order valence-electron chi connectivity index (χ1n) is 9.91. The Bertz CT molecular complexity index is 1120. The first-order valence-corrected chi connectivity index (χ1v) is 9.91. The van der Waals surface area contributed by atoms with E-state index in [1.165, 1.54) is 12.2 Å². The molecule has 0 unspecified atom stereocenters. The molecule has 2 heterocycles. The summed E-state index contributed by atoms with van der Waals surface area (Å²) in [6, 6.07) is 22.1. The maximum Gasteiger partial charge on any atom is 0.248 e. The molecule has 0 saturated carbocycles. The van der Waals surface area contributed by atoms with Gasteiger partial charge in [-0.15, -0.1) is 0 Å². The van der Waals surface area contributed by atoms with Gasteiger partial charge in [0.2, 0.25) is 11.8 Å². The fourth-order valence-corrected chi connectivity index (χ4v) is 2.95. The van der Waals surface area contributed by atoms with Crippen LogP contribution in [0.2, 0.25) is 0 Å². The average molecular weight is 424 g/mol. The molecule has 6 nitrogen and oxygen atoms in total. The number of anilines is 2. The van der Waals surface area contributed by atoms with E-state index in [-0.39, 0.29) is 11.8 Å². The highest BCUT2D eigenvalue weighted by Gasteiger charge is 2.03. The van der Waals surface area contributed by atoms with Crippen LogP contribution in [-0.2, 0) is 9.59 Å². The summed E-state index contributed by atoms with van der Waals surface area (Å²) in [5.74, 6) is 0.748. The largest absolute Gasteiger partial charge is 0.465 e. The van der Waals surface area contributed by atoms with Crippen LogP contribution in [0, 0.1) is 0 Å². The van der Waals surface area contributed by atoms with E-state index in [0.29, 0.717) is 22.9 Å². The number of benzene rings is 2. The summed E-state index contributed by atoms with van der Waals surface area (Å²) in [5.41, 5.74) is 3.36. The average Bonchev–Trinajstić information content (AvgIpc) is 3.52. The van der Waals surface area contributed by atoms with E-state index in [2.05, 4.69) is 10.6 Å². The zero-order chi connectivity index (χ0) is 22.2. The van der Waals surface area contributed by atoms with Gasteiger partial charge in [-0.3, -0.25) is 9.59 Å². The number of carbonyl (C=O) groups excluding carboxylic acids is 2. The molecule has 2 aromatic carbocycles. The van der Waals surface area contributed by atoms with Gasteiger partial charge in [-0.2, -0.15) is 0 Å². The Morgan fingerprint density at radius 2 is 1.00 bits per heavy atom. The van der Waals surface area contributed by atoms with Crippen molar-refractivity contribution in [3.05, 3.63) is 109 Å². The van der Waals surface area contributed by atoms with Crippen LogP contribution in [0.15, 0.2) is 106 Å². The topological polar surface area (TPSA) is 84.5 Å². The van der Waals surface area contributed by atoms with Gasteiger partial charge in [-0.05, 0) is 71.8 Å². The fourth-order valence-electron chi connectivity index (χ4n) is 2.95. The van der Waals surface area contributed by atoms with Crippen molar-refractivity contribution in [2.24, 2.45) is 0 Å². The smallest absolute Gasteiger partial charge is 0.248 e. The lowest BCUT2D eigenvalue weighted by molar-refractivity contribution is -0.112. The van der Waals surface area contributed by atoms with Crippen molar-refractivity contribution < 1.29 is 18.4 Å². The number of carbonyl (C=O) groups is 2. The maximum atomic E-state index is 12.0. The molecule has 4 rings (SSSR count). The third-order valence-electron chi connectivity index (χ3n) is 4.52. The molecule has 0 radical (unpaired) electrons. The van der Waals surface area contributed by atoms with E-state index in [4.69, 9.17) is 8.83 Å². The molecule has 0 atom stereocenters. The molecule has 0 fully saturated rings. The zero-order valence-corrected chi connectivity index (χ0v) is 17.0. The lowest BCUT2D eigenvalue weighted by Gasteiger charge is -2.07. The minimum Gasteiger partial charge on any atom is -0.465 e. The predicted molar refractivity (Wildman–Crippen MR) is 125 cm³/mol. The lowest BCUT2D eigenvalue weighted by Crippen LogP contribution is -2.07. The summed E-state index contributed by atoms with van der Waals surface area (Å²) in [4.78, 5) is 24.0. The van der Waals surface area contributed by atoms with Gasteiger partial charge in [0.25, 0.3) is 0 Å². The molecule has 0 spiro atoms. The summed E-state index contributed by atoms with van der Waals surface area (Å²) in [7, 11) is 0. The van der Waals surface area contributed by atoms with Crippen molar-refractivity contribution in [2.75, 3.05) is 10.6 Å². The standard InChI is InChI=1S/C26H20N2O4/c29-25(15-13-23-3-1-17-31-23)27-21-9-5-19(6-10-21)20-7-11-22(12-8-20)28-26(30)16-14-24-4-2-18-32-24/h1-18H,(H,27,29)(H,28,30). The summed E-state index contributed by atoms with van der Waals surface area (Å²) in [6.45, 7) is 0. The monoisotopic (exact) mass is 424 g/mol. The number of furan rings is 2. The molecule has 0 aliphatic rings. The van der Waals surface area contributed by atoms with Gasteiger partial charge in [0.1, 0.15) is 11.5 Å². The Kier molecular flexibility index (Phi) is 6.43. The van der Waals surface area contributed by atoms with Crippen LogP contribution in [0.3, 0.4) is 0 Å². The van der Waals surface area contributed by atoms with Crippen LogP contribution < -0.4 is 10.6 Å². The van der Waals surface area contributed by atoms with Crippen molar-refractivity contribution >= 4 is 35.3 Å². The number of nitrogens with one attached hydrogen (secondary N) is 2. The van der Waals surface area contributed by atoms with Crippen LogP contribution in [0.1, 0.15) is 11.5 Å². The third kappa shape index (κ3) is 5.73.